The highest BCUT2D eigenvalue weighted by Gasteiger charge is 2.33. The monoisotopic (exact) mass is 295 g/mol. The number of anilines is 1. The van der Waals surface area contributed by atoms with Crippen LogP contribution in [0.5, 0.6) is 0 Å². The Balaban J connectivity index is 3.31. The van der Waals surface area contributed by atoms with Crippen LogP contribution in [0, 0.1) is 0 Å². The number of hydrogen-bond donors (Lipinski definition) is 1. The van der Waals surface area contributed by atoms with Crippen LogP contribution in [0.25, 0.3) is 0 Å². The zero-order valence-electron chi connectivity index (χ0n) is 10.3. The van der Waals surface area contributed by atoms with Gasteiger partial charge in [-0.1, -0.05) is 17.7 Å². The topological polar surface area (TPSA) is 40.5 Å². The van der Waals surface area contributed by atoms with Gasteiger partial charge in [0.05, 0.1) is 10.7 Å². The molecule has 7 heteroatoms. The number of carbonyl (C=O) groups is 1. The summed E-state index contributed by atoms with van der Waals surface area (Å²) in [6.45, 7) is 1.88. The molecule has 0 saturated heterocycles. The van der Waals surface area contributed by atoms with Crippen molar-refractivity contribution >= 4 is 23.3 Å². The van der Waals surface area contributed by atoms with E-state index in [2.05, 4.69) is 0 Å². The first-order chi connectivity index (χ1) is 8.63. The lowest BCUT2D eigenvalue weighted by molar-refractivity contribution is -0.120. The molecule has 0 aliphatic heterocycles. The number of aromatic carboxylic acids is 1. The van der Waals surface area contributed by atoms with E-state index in [9.17, 15) is 18.0 Å². The van der Waals surface area contributed by atoms with Crippen LogP contribution in [0.3, 0.4) is 0 Å². The van der Waals surface area contributed by atoms with Crippen molar-refractivity contribution in [2.24, 2.45) is 0 Å². The SMILES string of the molecule is CC(C)N(CC(F)(F)F)c1cccc(Cl)c1C(=O)O. The lowest BCUT2D eigenvalue weighted by Crippen LogP contribution is -2.40. The molecule has 0 atom stereocenters. The minimum atomic E-state index is -4.43. The number of carboxylic acid groups (broad SMARTS) is 1. The normalized spacial score (nSPS) is 11.7. The van der Waals surface area contributed by atoms with Crippen molar-refractivity contribution in [1.82, 2.24) is 0 Å². The molecule has 0 amide bonds. The van der Waals surface area contributed by atoms with Crippen LogP contribution in [0.2, 0.25) is 5.02 Å². The maximum absolute atomic E-state index is 12.6. The highest BCUT2D eigenvalue weighted by Crippen LogP contribution is 2.31. The van der Waals surface area contributed by atoms with Crippen molar-refractivity contribution in [3.63, 3.8) is 0 Å². The molecule has 1 rings (SSSR count). The molecule has 0 saturated carbocycles. The second-order valence-corrected chi connectivity index (χ2v) is 4.68. The third kappa shape index (κ3) is 4.02. The van der Waals surface area contributed by atoms with E-state index in [4.69, 9.17) is 16.7 Å². The number of hydrogen-bond acceptors (Lipinski definition) is 2. The molecule has 0 radical (unpaired) electrons. The lowest BCUT2D eigenvalue weighted by Gasteiger charge is -2.31. The summed E-state index contributed by atoms with van der Waals surface area (Å²) in [5, 5.41) is 9.00. The van der Waals surface area contributed by atoms with Crippen molar-refractivity contribution in [3.05, 3.63) is 28.8 Å². The van der Waals surface area contributed by atoms with Gasteiger partial charge in [-0.15, -0.1) is 0 Å². The van der Waals surface area contributed by atoms with Crippen molar-refractivity contribution in [2.45, 2.75) is 26.1 Å². The van der Waals surface area contributed by atoms with E-state index in [1.807, 2.05) is 0 Å². The second kappa shape index (κ2) is 5.69. The zero-order chi connectivity index (χ0) is 14.8. The van der Waals surface area contributed by atoms with E-state index in [1.165, 1.54) is 18.2 Å². The van der Waals surface area contributed by atoms with E-state index in [0.29, 0.717) is 0 Å². The Morgan fingerprint density at radius 3 is 2.42 bits per heavy atom. The Bertz CT molecular complexity index is 475. The maximum Gasteiger partial charge on any atom is 0.405 e. The number of alkyl halides is 3. The maximum atomic E-state index is 12.6. The smallest absolute Gasteiger partial charge is 0.405 e. The highest BCUT2D eigenvalue weighted by atomic mass is 35.5. The van der Waals surface area contributed by atoms with Gasteiger partial charge in [-0.25, -0.2) is 4.79 Å². The van der Waals surface area contributed by atoms with Crippen LogP contribution in [0.15, 0.2) is 18.2 Å². The van der Waals surface area contributed by atoms with Gasteiger partial charge in [0, 0.05) is 6.04 Å². The van der Waals surface area contributed by atoms with Gasteiger partial charge in [0.1, 0.15) is 12.1 Å². The van der Waals surface area contributed by atoms with Gasteiger partial charge in [-0.2, -0.15) is 13.2 Å². The highest BCUT2D eigenvalue weighted by molar-refractivity contribution is 6.34. The van der Waals surface area contributed by atoms with Gasteiger partial charge in [0.25, 0.3) is 0 Å². The average molecular weight is 296 g/mol. The van der Waals surface area contributed by atoms with E-state index >= 15 is 0 Å². The molecule has 19 heavy (non-hydrogen) atoms. The molecule has 1 aromatic carbocycles. The minimum Gasteiger partial charge on any atom is -0.478 e. The van der Waals surface area contributed by atoms with Gasteiger partial charge >= 0.3 is 12.1 Å². The predicted molar refractivity (Wildman–Crippen MR) is 66.9 cm³/mol. The number of benzene rings is 1. The summed E-state index contributed by atoms with van der Waals surface area (Å²) in [5.74, 6) is -1.35. The number of nitrogens with zero attached hydrogens (tertiary/aromatic N) is 1. The summed E-state index contributed by atoms with van der Waals surface area (Å²) in [6.07, 6.45) is -4.43. The summed E-state index contributed by atoms with van der Waals surface area (Å²) < 4.78 is 37.7. The summed E-state index contributed by atoms with van der Waals surface area (Å²) in [4.78, 5) is 12.1. The molecule has 0 aromatic heterocycles. The van der Waals surface area contributed by atoms with Gasteiger partial charge in [0.2, 0.25) is 0 Å². The van der Waals surface area contributed by atoms with E-state index in [-0.39, 0.29) is 16.3 Å². The van der Waals surface area contributed by atoms with E-state index in [1.54, 1.807) is 13.8 Å². The van der Waals surface area contributed by atoms with Crippen LogP contribution in [0.1, 0.15) is 24.2 Å². The molecule has 3 nitrogen and oxygen atoms in total. The standard InChI is InChI=1S/C12H13ClF3NO2/c1-7(2)17(6-12(14,15)16)9-5-3-4-8(13)10(9)11(18)19/h3-5,7H,6H2,1-2H3,(H,18,19). The summed E-state index contributed by atoms with van der Waals surface area (Å²) in [7, 11) is 0. The van der Waals surface area contributed by atoms with Gasteiger partial charge in [-0.3, -0.25) is 0 Å². The Kier molecular flexibility index (Phi) is 4.68. The number of halogens is 4. The largest absolute Gasteiger partial charge is 0.478 e. The third-order valence-electron chi connectivity index (χ3n) is 2.49. The number of carboxylic acids is 1. The van der Waals surface area contributed by atoms with E-state index in [0.717, 1.165) is 4.90 Å². The zero-order valence-corrected chi connectivity index (χ0v) is 11.1. The van der Waals surface area contributed by atoms with Crippen LogP contribution in [0.4, 0.5) is 18.9 Å². The lowest BCUT2D eigenvalue weighted by atomic mass is 10.1. The minimum absolute atomic E-state index is 0.0349. The molecule has 1 N–H and O–H groups in total. The van der Waals surface area contributed by atoms with Crippen molar-refractivity contribution in [1.29, 1.82) is 0 Å². The first-order valence-electron chi connectivity index (χ1n) is 5.48. The molecule has 0 unspecified atom stereocenters. The molecule has 106 valence electrons. The fourth-order valence-corrected chi connectivity index (χ4v) is 1.95. The summed E-state index contributed by atoms with van der Waals surface area (Å²) in [6, 6.07) is 3.57. The molecule has 0 aliphatic rings. The number of rotatable bonds is 4. The average Bonchev–Trinajstić information content (AvgIpc) is 2.23. The molecule has 0 fully saturated rings. The predicted octanol–water partition coefficient (Wildman–Crippen LogP) is 3.82. The van der Waals surface area contributed by atoms with Gasteiger partial charge in [0.15, 0.2) is 0 Å². The molecule has 0 heterocycles. The van der Waals surface area contributed by atoms with Crippen LogP contribution < -0.4 is 4.90 Å². The van der Waals surface area contributed by atoms with Crippen molar-refractivity contribution in [3.8, 4) is 0 Å². The summed E-state index contributed by atoms with van der Waals surface area (Å²) >= 11 is 5.76. The molecular formula is C12H13ClF3NO2. The Morgan fingerprint density at radius 1 is 1.42 bits per heavy atom. The fourth-order valence-electron chi connectivity index (χ4n) is 1.70. The molecule has 0 aliphatic carbocycles. The van der Waals surface area contributed by atoms with Crippen LogP contribution in [-0.4, -0.2) is 29.8 Å². The second-order valence-electron chi connectivity index (χ2n) is 4.28. The molecular weight excluding hydrogens is 283 g/mol. The quantitative estimate of drug-likeness (QED) is 0.918. The Labute approximate surface area is 113 Å². The summed E-state index contributed by atoms with van der Waals surface area (Å²) in [5.41, 5.74) is -0.352. The first-order valence-corrected chi connectivity index (χ1v) is 5.86. The van der Waals surface area contributed by atoms with Crippen molar-refractivity contribution in [2.75, 3.05) is 11.4 Å². The van der Waals surface area contributed by atoms with Crippen molar-refractivity contribution < 1.29 is 23.1 Å². The van der Waals surface area contributed by atoms with Crippen LogP contribution >= 0.6 is 11.6 Å². The van der Waals surface area contributed by atoms with Gasteiger partial charge < -0.3 is 10.0 Å². The molecule has 0 bridgehead atoms. The van der Waals surface area contributed by atoms with E-state index < -0.39 is 24.7 Å². The Morgan fingerprint density at radius 2 is 2.00 bits per heavy atom. The first kappa shape index (κ1) is 15.6. The third-order valence-corrected chi connectivity index (χ3v) is 2.80. The fraction of sp³-hybridized carbons (Fsp3) is 0.417. The molecule has 0 spiro atoms. The van der Waals surface area contributed by atoms with Gasteiger partial charge in [-0.05, 0) is 26.0 Å². The molecule has 1 aromatic rings. The Hall–Kier alpha value is -1.43. The van der Waals surface area contributed by atoms with Crippen LogP contribution in [-0.2, 0) is 0 Å².